The molecular formula is C28H31Cl2N3O4S. The van der Waals surface area contributed by atoms with E-state index < -0.39 is 28.5 Å². The van der Waals surface area contributed by atoms with Gasteiger partial charge < -0.3 is 10.2 Å². The lowest BCUT2D eigenvalue weighted by atomic mass is 10.1. The molecule has 7 nitrogen and oxygen atoms in total. The van der Waals surface area contributed by atoms with Gasteiger partial charge in [-0.2, -0.15) is 0 Å². The average Bonchev–Trinajstić information content (AvgIpc) is 2.93. The van der Waals surface area contributed by atoms with Gasteiger partial charge in [-0.3, -0.25) is 13.9 Å². The second kappa shape index (κ2) is 13.6. The fraction of sp³-hybridized carbons (Fsp3) is 0.286. The maximum atomic E-state index is 13.8. The van der Waals surface area contributed by atoms with Crippen LogP contribution in [0.15, 0.2) is 83.8 Å². The molecule has 3 rings (SSSR count). The Hall–Kier alpha value is -3.07. The zero-order valence-corrected chi connectivity index (χ0v) is 23.6. The van der Waals surface area contributed by atoms with Crippen molar-refractivity contribution < 1.29 is 18.0 Å². The van der Waals surface area contributed by atoms with Gasteiger partial charge >= 0.3 is 0 Å². The molecule has 3 aromatic carbocycles. The number of carbonyl (C=O) groups excluding carboxylic acids is 2. The molecule has 0 aliphatic heterocycles. The fourth-order valence-corrected chi connectivity index (χ4v) is 5.78. The quantitative estimate of drug-likeness (QED) is 0.322. The Morgan fingerprint density at radius 1 is 0.921 bits per heavy atom. The highest BCUT2D eigenvalue weighted by atomic mass is 35.5. The first kappa shape index (κ1) is 29.5. The van der Waals surface area contributed by atoms with Crippen molar-refractivity contribution in [3.63, 3.8) is 0 Å². The highest BCUT2D eigenvalue weighted by Gasteiger charge is 2.33. The third-order valence-electron chi connectivity index (χ3n) is 6.01. The summed E-state index contributed by atoms with van der Waals surface area (Å²) in [5.41, 5.74) is 1.06. The maximum Gasteiger partial charge on any atom is 0.264 e. The van der Waals surface area contributed by atoms with Gasteiger partial charge in [-0.1, -0.05) is 84.7 Å². The summed E-state index contributed by atoms with van der Waals surface area (Å²) in [5, 5.41) is 2.98. The molecule has 1 unspecified atom stereocenters. The summed E-state index contributed by atoms with van der Waals surface area (Å²) >= 11 is 12.6. The standard InChI is InChI=1S/C28H31Cl2N3O4S/c1-3-18-31-28(35)21(2)32(19-17-22-11-6-4-7-12-22)26(34)20-33(25-16-10-15-24(29)27(25)30)38(36,37)23-13-8-5-9-14-23/h4-16,21H,3,17-20H2,1-2H3,(H,31,35). The zero-order chi connectivity index (χ0) is 27.7. The number of amides is 2. The van der Waals surface area contributed by atoms with Crippen molar-refractivity contribution in [3.05, 3.63) is 94.5 Å². The van der Waals surface area contributed by atoms with Gasteiger partial charge in [0.25, 0.3) is 10.0 Å². The van der Waals surface area contributed by atoms with Crippen LogP contribution in [0.1, 0.15) is 25.8 Å². The predicted octanol–water partition coefficient (Wildman–Crippen LogP) is 5.17. The van der Waals surface area contributed by atoms with E-state index in [2.05, 4.69) is 5.32 Å². The molecule has 0 fully saturated rings. The number of rotatable bonds is 12. The van der Waals surface area contributed by atoms with E-state index in [-0.39, 0.29) is 33.1 Å². The summed E-state index contributed by atoms with van der Waals surface area (Å²) in [6.07, 6.45) is 1.23. The molecule has 0 bridgehead atoms. The summed E-state index contributed by atoms with van der Waals surface area (Å²) in [7, 11) is -4.21. The Bertz CT molecular complexity index is 1340. The first-order valence-corrected chi connectivity index (χ1v) is 14.5. The van der Waals surface area contributed by atoms with Crippen molar-refractivity contribution in [2.75, 3.05) is 23.9 Å². The molecule has 1 atom stereocenters. The monoisotopic (exact) mass is 575 g/mol. The molecule has 2 amide bonds. The molecule has 0 radical (unpaired) electrons. The summed E-state index contributed by atoms with van der Waals surface area (Å²) in [4.78, 5) is 28.1. The second-order valence-corrected chi connectivity index (χ2v) is 11.3. The lowest BCUT2D eigenvalue weighted by Gasteiger charge is -2.32. The third kappa shape index (κ3) is 7.28. The van der Waals surface area contributed by atoms with Crippen LogP contribution in [0.4, 0.5) is 5.69 Å². The number of carbonyl (C=O) groups is 2. The molecule has 0 heterocycles. The van der Waals surface area contributed by atoms with Crippen LogP contribution in [0.5, 0.6) is 0 Å². The van der Waals surface area contributed by atoms with Gasteiger partial charge in [0, 0.05) is 13.1 Å². The molecule has 202 valence electrons. The van der Waals surface area contributed by atoms with Gasteiger partial charge in [0.2, 0.25) is 11.8 Å². The van der Waals surface area contributed by atoms with Crippen LogP contribution in [0.25, 0.3) is 0 Å². The average molecular weight is 577 g/mol. The molecule has 38 heavy (non-hydrogen) atoms. The van der Waals surface area contributed by atoms with Crippen LogP contribution in [0.3, 0.4) is 0 Å². The Kier molecular flexibility index (Phi) is 10.6. The third-order valence-corrected chi connectivity index (χ3v) is 8.59. The van der Waals surface area contributed by atoms with E-state index in [4.69, 9.17) is 23.2 Å². The molecule has 0 saturated heterocycles. The molecule has 1 N–H and O–H groups in total. The number of halogens is 2. The number of hydrogen-bond acceptors (Lipinski definition) is 4. The minimum Gasteiger partial charge on any atom is -0.354 e. The van der Waals surface area contributed by atoms with Crippen LogP contribution >= 0.6 is 23.2 Å². The summed E-state index contributed by atoms with van der Waals surface area (Å²) in [6.45, 7) is 3.68. The van der Waals surface area contributed by atoms with Gasteiger partial charge in [0.05, 0.1) is 20.6 Å². The van der Waals surface area contributed by atoms with Crippen molar-refractivity contribution >= 4 is 50.7 Å². The largest absolute Gasteiger partial charge is 0.354 e. The van der Waals surface area contributed by atoms with E-state index >= 15 is 0 Å². The van der Waals surface area contributed by atoms with E-state index in [1.54, 1.807) is 31.2 Å². The number of nitrogens with one attached hydrogen (secondary N) is 1. The zero-order valence-electron chi connectivity index (χ0n) is 21.3. The van der Waals surface area contributed by atoms with Crippen molar-refractivity contribution in [1.82, 2.24) is 10.2 Å². The SMILES string of the molecule is CCCNC(=O)C(C)N(CCc1ccccc1)C(=O)CN(c1cccc(Cl)c1Cl)S(=O)(=O)c1ccccc1. The molecule has 0 saturated carbocycles. The molecule has 0 aliphatic carbocycles. The Morgan fingerprint density at radius 3 is 2.18 bits per heavy atom. The van der Waals surface area contributed by atoms with E-state index in [0.29, 0.717) is 13.0 Å². The first-order valence-electron chi connectivity index (χ1n) is 12.3. The topological polar surface area (TPSA) is 86.8 Å². The van der Waals surface area contributed by atoms with Gasteiger partial charge in [0.15, 0.2) is 0 Å². The summed E-state index contributed by atoms with van der Waals surface area (Å²) in [5.74, 6) is -0.859. The Balaban J connectivity index is 1.99. The molecule has 0 aliphatic rings. The highest BCUT2D eigenvalue weighted by Crippen LogP contribution is 2.35. The van der Waals surface area contributed by atoms with Crippen LogP contribution in [0, 0.1) is 0 Å². The van der Waals surface area contributed by atoms with Crippen molar-refractivity contribution in [3.8, 4) is 0 Å². The van der Waals surface area contributed by atoms with E-state index in [0.717, 1.165) is 16.3 Å². The molecule has 10 heteroatoms. The first-order chi connectivity index (χ1) is 18.2. The van der Waals surface area contributed by atoms with Crippen molar-refractivity contribution in [2.45, 2.75) is 37.6 Å². The minimum absolute atomic E-state index is 0.00560. The Morgan fingerprint density at radius 2 is 1.55 bits per heavy atom. The number of hydrogen-bond donors (Lipinski definition) is 1. The highest BCUT2D eigenvalue weighted by molar-refractivity contribution is 7.92. The number of sulfonamides is 1. The van der Waals surface area contributed by atoms with Gasteiger partial charge in [0.1, 0.15) is 12.6 Å². The molecule has 0 aromatic heterocycles. The van der Waals surface area contributed by atoms with Crippen LogP contribution in [-0.2, 0) is 26.0 Å². The lowest BCUT2D eigenvalue weighted by Crippen LogP contribution is -2.52. The second-order valence-electron chi connectivity index (χ2n) is 8.69. The molecule has 0 spiro atoms. The van der Waals surface area contributed by atoms with E-state index in [1.807, 2.05) is 37.3 Å². The van der Waals surface area contributed by atoms with Crippen molar-refractivity contribution in [1.29, 1.82) is 0 Å². The summed E-state index contributed by atoms with van der Waals surface area (Å²) in [6, 6.07) is 21.1. The lowest BCUT2D eigenvalue weighted by molar-refractivity contribution is -0.138. The van der Waals surface area contributed by atoms with Crippen LogP contribution in [0.2, 0.25) is 10.0 Å². The van der Waals surface area contributed by atoms with Crippen molar-refractivity contribution in [2.24, 2.45) is 0 Å². The predicted molar refractivity (Wildman–Crippen MR) is 152 cm³/mol. The summed E-state index contributed by atoms with van der Waals surface area (Å²) < 4.78 is 28.5. The molecular weight excluding hydrogens is 545 g/mol. The van der Waals surface area contributed by atoms with Crippen LogP contribution < -0.4 is 9.62 Å². The number of anilines is 1. The van der Waals surface area contributed by atoms with Crippen LogP contribution in [-0.4, -0.2) is 50.8 Å². The van der Waals surface area contributed by atoms with E-state index in [9.17, 15) is 18.0 Å². The van der Waals surface area contributed by atoms with E-state index in [1.165, 1.54) is 29.2 Å². The van der Waals surface area contributed by atoms with Gasteiger partial charge in [-0.25, -0.2) is 8.42 Å². The number of nitrogens with zero attached hydrogens (tertiary/aromatic N) is 2. The van der Waals surface area contributed by atoms with Gasteiger partial charge in [-0.15, -0.1) is 0 Å². The smallest absolute Gasteiger partial charge is 0.264 e. The van der Waals surface area contributed by atoms with Gasteiger partial charge in [-0.05, 0) is 49.6 Å². The minimum atomic E-state index is -4.21. The maximum absolute atomic E-state index is 13.8. The normalized spacial score (nSPS) is 12.0. The number of benzene rings is 3. The Labute approximate surface area is 234 Å². The molecule has 3 aromatic rings. The fourth-order valence-electron chi connectivity index (χ4n) is 3.88.